The molecule has 0 aliphatic rings. The summed E-state index contributed by atoms with van der Waals surface area (Å²) in [6, 6.07) is 4.99. The molecule has 0 radical (unpaired) electrons. The van der Waals surface area contributed by atoms with Gasteiger partial charge in [0.15, 0.2) is 0 Å². The average molecular weight is 366 g/mol. The van der Waals surface area contributed by atoms with Crippen molar-refractivity contribution >= 4 is 43.2 Å². The number of alkyl halides is 2. The number of non-ortho nitro benzene ring substituents is 1. The second-order valence-corrected chi connectivity index (χ2v) is 5.18. The molecule has 0 bridgehead atoms. The zero-order chi connectivity index (χ0) is 12.8. The first-order chi connectivity index (χ1) is 8.10. The first-order valence-electron chi connectivity index (χ1n) is 5.22. The molecule has 94 valence electrons. The van der Waals surface area contributed by atoms with Crippen LogP contribution in [0, 0.1) is 17.0 Å². The molecule has 0 aromatic heterocycles. The topological polar surface area (TPSA) is 46.4 Å². The number of halogens is 2. The fraction of sp³-hybridized carbons (Fsp3) is 0.455. The molecule has 0 fully saturated rings. The predicted molar refractivity (Wildman–Crippen MR) is 77.6 cm³/mol. The van der Waals surface area contributed by atoms with Gasteiger partial charge in [-0.05, 0) is 18.6 Å². The van der Waals surface area contributed by atoms with Crippen molar-refractivity contribution in [2.24, 2.45) is 0 Å². The largest absolute Gasteiger partial charge is 0.370 e. The fourth-order valence-electron chi connectivity index (χ4n) is 1.66. The van der Waals surface area contributed by atoms with Gasteiger partial charge >= 0.3 is 0 Å². The monoisotopic (exact) mass is 364 g/mol. The molecule has 0 aliphatic carbocycles. The number of rotatable bonds is 6. The minimum absolute atomic E-state index is 0.142. The van der Waals surface area contributed by atoms with E-state index >= 15 is 0 Å². The van der Waals surface area contributed by atoms with Gasteiger partial charge in [-0.2, -0.15) is 0 Å². The summed E-state index contributed by atoms with van der Waals surface area (Å²) in [6.45, 7) is 3.66. The van der Waals surface area contributed by atoms with Gasteiger partial charge in [-0.3, -0.25) is 10.1 Å². The summed E-state index contributed by atoms with van der Waals surface area (Å²) < 4.78 is 0. The molecule has 6 heteroatoms. The first kappa shape index (κ1) is 14.4. The van der Waals surface area contributed by atoms with Crippen LogP contribution in [0.5, 0.6) is 0 Å². The summed E-state index contributed by atoms with van der Waals surface area (Å²) in [6.07, 6.45) is 0. The second kappa shape index (κ2) is 6.96. The lowest BCUT2D eigenvalue weighted by molar-refractivity contribution is -0.384. The van der Waals surface area contributed by atoms with E-state index in [0.717, 1.165) is 35.0 Å². The number of nitrogens with zero attached hydrogens (tertiary/aromatic N) is 2. The van der Waals surface area contributed by atoms with Crippen LogP contribution < -0.4 is 4.90 Å². The van der Waals surface area contributed by atoms with E-state index in [1.807, 2.05) is 13.0 Å². The van der Waals surface area contributed by atoms with Crippen LogP contribution in [0.2, 0.25) is 0 Å². The summed E-state index contributed by atoms with van der Waals surface area (Å²) >= 11 is 6.83. The summed E-state index contributed by atoms with van der Waals surface area (Å²) in [5.74, 6) is 0. The van der Waals surface area contributed by atoms with Crippen LogP contribution >= 0.6 is 31.9 Å². The van der Waals surface area contributed by atoms with Crippen LogP contribution in [0.15, 0.2) is 18.2 Å². The quantitative estimate of drug-likeness (QED) is 0.440. The van der Waals surface area contributed by atoms with Crippen molar-refractivity contribution in [2.45, 2.75) is 6.92 Å². The molecule has 0 heterocycles. The Morgan fingerprint density at radius 2 is 1.88 bits per heavy atom. The van der Waals surface area contributed by atoms with Gasteiger partial charge in [0.25, 0.3) is 5.69 Å². The van der Waals surface area contributed by atoms with Crippen molar-refractivity contribution in [3.8, 4) is 0 Å². The highest BCUT2D eigenvalue weighted by Gasteiger charge is 2.12. The Labute approximate surface area is 117 Å². The van der Waals surface area contributed by atoms with Crippen molar-refractivity contribution in [2.75, 3.05) is 28.6 Å². The van der Waals surface area contributed by atoms with Gasteiger partial charge in [0.1, 0.15) is 0 Å². The summed E-state index contributed by atoms with van der Waals surface area (Å²) in [5, 5.41) is 12.4. The lowest BCUT2D eigenvalue weighted by Crippen LogP contribution is -2.28. The summed E-state index contributed by atoms with van der Waals surface area (Å²) in [7, 11) is 0. The number of benzene rings is 1. The normalized spacial score (nSPS) is 10.3. The maximum absolute atomic E-state index is 10.7. The van der Waals surface area contributed by atoms with E-state index in [9.17, 15) is 10.1 Å². The molecule has 1 aromatic carbocycles. The molecule has 4 nitrogen and oxygen atoms in total. The zero-order valence-electron chi connectivity index (χ0n) is 9.53. The van der Waals surface area contributed by atoms with E-state index in [0.29, 0.717) is 0 Å². The summed E-state index contributed by atoms with van der Waals surface area (Å²) in [4.78, 5) is 12.5. The van der Waals surface area contributed by atoms with Crippen LogP contribution in [-0.2, 0) is 0 Å². The van der Waals surface area contributed by atoms with E-state index in [1.165, 1.54) is 0 Å². The highest BCUT2D eigenvalue weighted by atomic mass is 79.9. The van der Waals surface area contributed by atoms with Gasteiger partial charge < -0.3 is 4.90 Å². The van der Waals surface area contributed by atoms with Gasteiger partial charge in [0, 0.05) is 41.6 Å². The minimum atomic E-state index is -0.365. The molecular weight excluding hydrogens is 352 g/mol. The van der Waals surface area contributed by atoms with Crippen LogP contribution in [0.3, 0.4) is 0 Å². The van der Waals surface area contributed by atoms with Crippen molar-refractivity contribution in [3.63, 3.8) is 0 Å². The molecule has 1 rings (SSSR count). The highest BCUT2D eigenvalue weighted by molar-refractivity contribution is 9.09. The molecule has 0 unspecified atom stereocenters. The third-order valence-electron chi connectivity index (χ3n) is 2.44. The molecule has 0 spiro atoms. The Bertz CT molecular complexity index is 393. The number of anilines is 1. The Balaban J connectivity index is 2.99. The molecule has 0 saturated carbocycles. The van der Waals surface area contributed by atoms with E-state index in [4.69, 9.17) is 0 Å². The Morgan fingerprint density at radius 1 is 1.29 bits per heavy atom. The van der Waals surface area contributed by atoms with Crippen molar-refractivity contribution in [1.82, 2.24) is 0 Å². The molecule has 17 heavy (non-hydrogen) atoms. The van der Waals surface area contributed by atoms with E-state index in [-0.39, 0.29) is 10.6 Å². The van der Waals surface area contributed by atoms with Gasteiger partial charge in [-0.15, -0.1) is 0 Å². The Hall–Kier alpha value is -0.620. The lowest BCUT2D eigenvalue weighted by atomic mass is 10.1. The van der Waals surface area contributed by atoms with E-state index in [2.05, 4.69) is 36.8 Å². The molecule has 0 aliphatic heterocycles. The third-order valence-corrected chi connectivity index (χ3v) is 3.15. The van der Waals surface area contributed by atoms with Crippen LogP contribution in [0.4, 0.5) is 11.4 Å². The van der Waals surface area contributed by atoms with Crippen molar-refractivity contribution < 1.29 is 4.92 Å². The summed E-state index contributed by atoms with van der Waals surface area (Å²) in [5.41, 5.74) is 2.12. The molecule has 0 amide bonds. The Morgan fingerprint density at radius 3 is 2.29 bits per heavy atom. The third kappa shape index (κ3) is 3.96. The smallest absolute Gasteiger partial charge is 0.269 e. The molecule has 1 aromatic rings. The zero-order valence-corrected chi connectivity index (χ0v) is 12.7. The first-order valence-corrected chi connectivity index (χ1v) is 7.46. The van der Waals surface area contributed by atoms with Gasteiger partial charge in [0.05, 0.1) is 4.92 Å². The molecule has 0 saturated heterocycles. The van der Waals surface area contributed by atoms with Crippen LogP contribution in [0.1, 0.15) is 5.56 Å². The number of nitro benzene ring substituents is 1. The number of nitro groups is 1. The van der Waals surface area contributed by atoms with Crippen LogP contribution in [0.25, 0.3) is 0 Å². The molecular formula is C11H14Br2N2O2. The van der Waals surface area contributed by atoms with Crippen molar-refractivity contribution in [1.29, 1.82) is 0 Å². The van der Waals surface area contributed by atoms with E-state index in [1.54, 1.807) is 12.1 Å². The molecule has 0 N–H and O–H groups in total. The second-order valence-electron chi connectivity index (χ2n) is 3.59. The van der Waals surface area contributed by atoms with E-state index < -0.39 is 0 Å². The van der Waals surface area contributed by atoms with Crippen LogP contribution in [-0.4, -0.2) is 28.7 Å². The van der Waals surface area contributed by atoms with Gasteiger partial charge in [-0.1, -0.05) is 31.9 Å². The highest BCUT2D eigenvalue weighted by Crippen LogP contribution is 2.24. The van der Waals surface area contributed by atoms with Gasteiger partial charge in [-0.25, -0.2) is 0 Å². The number of hydrogen-bond acceptors (Lipinski definition) is 3. The predicted octanol–water partition coefficient (Wildman–Crippen LogP) is 3.50. The minimum Gasteiger partial charge on any atom is -0.370 e. The standard InChI is InChI=1S/C11H14Br2N2O2/c1-9-8-10(15(16)17)2-3-11(9)14(6-4-12)7-5-13/h2-3,8H,4-7H2,1H3. The SMILES string of the molecule is Cc1cc([N+](=O)[O-])ccc1N(CCBr)CCBr. The average Bonchev–Trinajstić information content (AvgIpc) is 2.28. The lowest BCUT2D eigenvalue weighted by Gasteiger charge is -2.24. The fourth-order valence-corrected chi connectivity index (χ4v) is 2.52. The maximum atomic E-state index is 10.7. The van der Waals surface area contributed by atoms with Gasteiger partial charge in [0.2, 0.25) is 0 Å². The van der Waals surface area contributed by atoms with Crippen molar-refractivity contribution in [3.05, 3.63) is 33.9 Å². The molecule has 0 atom stereocenters. The number of hydrogen-bond donors (Lipinski definition) is 0. The number of aryl methyl sites for hydroxylation is 1. The maximum Gasteiger partial charge on any atom is 0.269 e. The Kier molecular flexibility index (Phi) is 5.91.